The van der Waals surface area contributed by atoms with E-state index < -0.39 is 5.26 Å². The molecule has 2 aromatic rings. The average Bonchev–Trinajstić information content (AvgIpc) is 2.74. The van der Waals surface area contributed by atoms with E-state index in [0.29, 0.717) is 12.1 Å². The Morgan fingerprint density at radius 3 is 2.94 bits per heavy atom. The number of rotatable bonds is 1. The summed E-state index contributed by atoms with van der Waals surface area (Å²) < 4.78 is 12.6. The Balaban J connectivity index is 2.22. The van der Waals surface area contributed by atoms with E-state index in [2.05, 4.69) is 22.9 Å². The second-order valence-corrected chi connectivity index (χ2v) is 4.08. The summed E-state index contributed by atoms with van der Waals surface area (Å²) in [7, 11) is 0. The van der Waals surface area contributed by atoms with Crippen LogP contribution in [0.15, 0.2) is 29.6 Å². The summed E-state index contributed by atoms with van der Waals surface area (Å²) in [4.78, 5) is 3.61. The SMILES string of the molecule is N#CCc1cccc(C#Cc2csc([18F])n2)c1. The van der Waals surface area contributed by atoms with Crippen LogP contribution in [-0.4, -0.2) is 4.98 Å². The zero-order valence-corrected chi connectivity index (χ0v) is 9.59. The maximum atomic E-state index is 12.6. The zero-order chi connectivity index (χ0) is 12.1. The summed E-state index contributed by atoms with van der Waals surface area (Å²) in [6.45, 7) is 0. The lowest BCUT2D eigenvalue weighted by Crippen LogP contribution is -1.83. The Kier molecular flexibility index (Phi) is 3.49. The molecule has 0 saturated heterocycles. The highest BCUT2D eigenvalue weighted by Crippen LogP contribution is 2.07. The van der Waals surface area contributed by atoms with Crippen molar-refractivity contribution >= 4 is 11.3 Å². The molecule has 0 aliphatic carbocycles. The third-order valence-electron chi connectivity index (χ3n) is 2.02. The second kappa shape index (κ2) is 5.25. The standard InChI is InChI=1S/C13H7FN2S/c14-13-16-12(9-17-13)5-4-10-2-1-3-11(8-10)6-7-15/h1-3,8-9H,6H2/i14-1. The van der Waals surface area contributed by atoms with Crippen molar-refractivity contribution in [3.63, 3.8) is 0 Å². The Labute approximate surface area is 102 Å². The molecule has 0 fully saturated rings. The molecule has 0 bridgehead atoms. The quantitative estimate of drug-likeness (QED) is 0.720. The van der Waals surface area contributed by atoms with E-state index in [1.165, 1.54) is 0 Å². The molecule has 17 heavy (non-hydrogen) atoms. The summed E-state index contributed by atoms with van der Waals surface area (Å²) in [6.07, 6.45) is 0.362. The molecule has 2 nitrogen and oxygen atoms in total. The molecule has 1 aromatic carbocycles. The van der Waals surface area contributed by atoms with Crippen LogP contribution in [0.1, 0.15) is 16.8 Å². The van der Waals surface area contributed by atoms with Crippen molar-refractivity contribution in [3.8, 4) is 17.9 Å². The van der Waals surface area contributed by atoms with Gasteiger partial charge in [-0.25, -0.2) is 4.98 Å². The van der Waals surface area contributed by atoms with Gasteiger partial charge in [0.05, 0.1) is 12.5 Å². The van der Waals surface area contributed by atoms with Gasteiger partial charge in [-0.3, -0.25) is 0 Å². The summed E-state index contributed by atoms with van der Waals surface area (Å²) in [6, 6.07) is 9.49. The van der Waals surface area contributed by atoms with Crippen LogP contribution < -0.4 is 0 Å². The number of halogens is 1. The number of nitriles is 1. The fraction of sp³-hybridized carbons (Fsp3) is 0.0769. The third-order valence-corrected chi connectivity index (χ3v) is 2.65. The topological polar surface area (TPSA) is 36.7 Å². The molecule has 0 N–H and O–H groups in total. The first kappa shape index (κ1) is 11.3. The Hall–Kier alpha value is -2.17. The highest BCUT2D eigenvalue weighted by atomic mass is 32.1. The van der Waals surface area contributed by atoms with Crippen molar-refractivity contribution in [1.29, 1.82) is 5.26 Å². The molecule has 0 aliphatic heterocycles. The predicted molar refractivity (Wildman–Crippen MR) is 63.8 cm³/mol. The van der Waals surface area contributed by atoms with Gasteiger partial charge in [-0.2, -0.15) is 9.65 Å². The molecule has 0 amide bonds. The molecular formula is C13H7FN2S. The van der Waals surface area contributed by atoms with E-state index in [1.54, 1.807) is 5.38 Å². The maximum absolute atomic E-state index is 12.6. The van der Waals surface area contributed by atoms with Crippen molar-refractivity contribution in [3.05, 3.63) is 51.7 Å². The molecule has 0 radical (unpaired) electrons. The molecule has 82 valence electrons. The highest BCUT2D eigenvalue weighted by Gasteiger charge is 1.96. The van der Waals surface area contributed by atoms with Gasteiger partial charge >= 0.3 is 0 Å². The third kappa shape index (κ3) is 3.14. The Bertz CT molecular complexity index is 629. The van der Waals surface area contributed by atoms with Crippen molar-refractivity contribution in [1.82, 2.24) is 4.98 Å². The first-order valence-corrected chi connectivity index (χ1v) is 5.75. The largest absolute Gasteiger partial charge is 0.270 e. The van der Waals surface area contributed by atoms with Crippen LogP contribution in [0.25, 0.3) is 0 Å². The Morgan fingerprint density at radius 2 is 2.24 bits per heavy atom. The monoisotopic (exact) mass is 241 g/mol. The molecule has 2 rings (SSSR count). The van der Waals surface area contributed by atoms with Gasteiger partial charge in [0, 0.05) is 10.9 Å². The fourth-order valence-electron chi connectivity index (χ4n) is 1.30. The maximum Gasteiger partial charge on any atom is 0.270 e. The smallest absolute Gasteiger partial charge is 0.201 e. The van der Waals surface area contributed by atoms with Crippen LogP contribution in [-0.2, 0) is 6.42 Å². The van der Waals surface area contributed by atoms with Crippen LogP contribution in [0, 0.1) is 28.4 Å². The number of thiazole rings is 1. The average molecular weight is 241 g/mol. The second-order valence-electron chi connectivity index (χ2n) is 3.27. The summed E-state index contributed by atoms with van der Waals surface area (Å²) in [5, 5.41) is 9.68. The normalized spacial score (nSPS) is 9.18. The summed E-state index contributed by atoms with van der Waals surface area (Å²) in [5.41, 5.74) is 2.15. The first-order valence-electron chi connectivity index (χ1n) is 4.87. The van der Waals surface area contributed by atoms with Crippen LogP contribution >= 0.6 is 11.3 Å². The lowest BCUT2D eigenvalue weighted by Gasteiger charge is -1.94. The lowest BCUT2D eigenvalue weighted by molar-refractivity contribution is 0.616. The molecule has 0 aliphatic rings. The van der Waals surface area contributed by atoms with Crippen LogP contribution in [0.2, 0.25) is 0 Å². The molecule has 1 heterocycles. The summed E-state index contributed by atoms with van der Waals surface area (Å²) in [5.74, 6) is 5.67. The van der Waals surface area contributed by atoms with Gasteiger partial charge in [-0.1, -0.05) is 29.4 Å². The van der Waals surface area contributed by atoms with Crippen LogP contribution in [0.3, 0.4) is 0 Å². The van der Waals surface area contributed by atoms with E-state index in [0.717, 1.165) is 22.5 Å². The lowest BCUT2D eigenvalue weighted by atomic mass is 10.1. The van der Waals surface area contributed by atoms with Gasteiger partial charge in [0.15, 0.2) is 0 Å². The minimum Gasteiger partial charge on any atom is -0.201 e. The predicted octanol–water partition coefficient (Wildman–Crippen LogP) is 2.75. The van der Waals surface area contributed by atoms with E-state index in [1.807, 2.05) is 24.3 Å². The molecule has 0 spiro atoms. The van der Waals surface area contributed by atoms with E-state index in [-0.39, 0.29) is 0 Å². The van der Waals surface area contributed by atoms with Crippen LogP contribution in [0.5, 0.6) is 0 Å². The van der Waals surface area contributed by atoms with Gasteiger partial charge in [-0.15, -0.1) is 0 Å². The molecule has 4 heteroatoms. The fourth-order valence-corrected chi connectivity index (χ4v) is 1.77. The highest BCUT2D eigenvalue weighted by molar-refractivity contribution is 7.08. The number of hydrogen-bond acceptors (Lipinski definition) is 3. The number of nitrogens with zero attached hydrogens (tertiary/aromatic N) is 2. The molecular weight excluding hydrogens is 234 g/mol. The molecule has 0 saturated carbocycles. The minimum atomic E-state index is -0.479. The van der Waals surface area contributed by atoms with Crippen molar-refractivity contribution in [2.45, 2.75) is 6.42 Å². The van der Waals surface area contributed by atoms with E-state index in [4.69, 9.17) is 5.26 Å². The van der Waals surface area contributed by atoms with Gasteiger partial charge in [0.25, 0.3) is 5.26 Å². The number of benzene rings is 1. The zero-order valence-electron chi connectivity index (χ0n) is 8.77. The number of aromatic nitrogens is 1. The molecule has 0 unspecified atom stereocenters. The Morgan fingerprint density at radius 1 is 1.35 bits per heavy atom. The van der Waals surface area contributed by atoms with Gasteiger partial charge in [0.1, 0.15) is 5.69 Å². The van der Waals surface area contributed by atoms with Gasteiger partial charge in [-0.05, 0) is 23.6 Å². The van der Waals surface area contributed by atoms with Crippen LogP contribution in [0.4, 0.5) is 4.39 Å². The van der Waals surface area contributed by atoms with Gasteiger partial charge in [0.2, 0.25) is 0 Å². The van der Waals surface area contributed by atoms with Crippen molar-refractivity contribution in [2.75, 3.05) is 0 Å². The summed E-state index contributed by atoms with van der Waals surface area (Å²) >= 11 is 0.927. The van der Waals surface area contributed by atoms with E-state index >= 15 is 0 Å². The first-order chi connectivity index (χ1) is 8.28. The van der Waals surface area contributed by atoms with Gasteiger partial charge < -0.3 is 0 Å². The van der Waals surface area contributed by atoms with E-state index in [9.17, 15) is 4.39 Å². The number of hydrogen-bond donors (Lipinski definition) is 0. The minimum absolute atomic E-state index is 0.362. The van der Waals surface area contributed by atoms with Crippen molar-refractivity contribution in [2.24, 2.45) is 0 Å². The molecule has 0 atom stereocenters. The van der Waals surface area contributed by atoms with Crippen molar-refractivity contribution < 1.29 is 4.39 Å². The molecule has 1 aromatic heterocycles.